The van der Waals surface area contributed by atoms with Gasteiger partial charge in [0.05, 0.1) is 4.91 Å². The topological polar surface area (TPSA) is 55.4 Å². The van der Waals surface area contributed by atoms with Gasteiger partial charge in [-0.2, -0.15) is 0 Å². The van der Waals surface area contributed by atoms with Gasteiger partial charge in [-0.05, 0) is 35.5 Å². The van der Waals surface area contributed by atoms with Crippen molar-refractivity contribution in [3.05, 3.63) is 34.7 Å². The molecular weight excluding hydrogens is 283 g/mol. The predicted octanol–water partition coefficient (Wildman–Crippen LogP) is 2.91. The molecule has 19 heavy (non-hydrogen) atoms. The van der Waals surface area contributed by atoms with Gasteiger partial charge in [-0.15, -0.1) is 13.2 Å². The van der Waals surface area contributed by atoms with E-state index in [-0.39, 0.29) is 4.91 Å². The Balaban J connectivity index is 2.22. The molecule has 0 bridgehead atoms. The molecule has 0 aliphatic carbocycles. The second kappa shape index (κ2) is 4.96. The Morgan fingerprint density at radius 3 is 2.58 bits per heavy atom. The number of carbonyl (C=O) groups excluding carboxylic acids is 2. The van der Waals surface area contributed by atoms with Crippen LogP contribution in [-0.4, -0.2) is 17.5 Å². The van der Waals surface area contributed by atoms with E-state index >= 15 is 0 Å². The molecule has 0 spiro atoms. The summed E-state index contributed by atoms with van der Waals surface area (Å²) < 4.78 is 39.9. The van der Waals surface area contributed by atoms with Crippen LogP contribution in [0.5, 0.6) is 5.75 Å². The molecule has 0 atom stereocenters. The Kier molecular flexibility index (Phi) is 3.52. The van der Waals surface area contributed by atoms with Crippen LogP contribution < -0.4 is 10.1 Å². The van der Waals surface area contributed by atoms with Gasteiger partial charge in [0.2, 0.25) is 0 Å². The third kappa shape index (κ3) is 3.75. The first-order chi connectivity index (χ1) is 8.83. The van der Waals surface area contributed by atoms with Crippen LogP contribution in [0.4, 0.5) is 18.0 Å². The average Bonchev–Trinajstić information content (AvgIpc) is 2.55. The lowest BCUT2D eigenvalue weighted by atomic mass is 10.2. The van der Waals surface area contributed by atoms with Crippen molar-refractivity contribution in [3.63, 3.8) is 0 Å². The monoisotopic (exact) mass is 289 g/mol. The number of alkyl halides is 3. The van der Waals surface area contributed by atoms with Crippen molar-refractivity contribution in [2.45, 2.75) is 6.36 Å². The van der Waals surface area contributed by atoms with Crippen LogP contribution in [0.3, 0.4) is 0 Å². The van der Waals surface area contributed by atoms with Gasteiger partial charge >= 0.3 is 6.36 Å². The summed E-state index contributed by atoms with van der Waals surface area (Å²) >= 11 is 0.686. The fourth-order valence-corrected chi connectivity index (χ4v) is 2.06. The smallest absolute Gasteiger partial charge is 0.406 e. The molecule has 0 aromatic heterocycles. The number of thioether (sulfide) groups is 1. The third-order valence-electron chi connectivity index (χ3n) is 2.03. The van der Waals surface area contributed by atoms with E-state index in [4.69, 9.17) is 0 Å². The normalized spacial score (nSPS) is 17.7. The Morgan fingerprint density at radius 2 is 2.00 bits per heavy atom. The van der Waals surface area contributed by atoms with Crippen molar-refractivity contribution in [1.29, 1.82) is 0 Å². The number of benzene rings is 1. The molecule has 0 unspecified atom stereocenters. The van der Waals surface area contributed by atoms with E-state index in [1.165, 1.54) is 18.2 Å². The summed E-state index contributed by atoms with van der Waals surface area (Å²) in [7, 11) is 0. The lowest BCUT2D eigenvalue weighted by Gasteiger charge is -2.08. The number of rotatable bonds is 2. The van der Waals surface area contributed by atoms with Crippen molar-refractivity contribution >= 4 is 29.0 Å². The van der Waals surface area contributed by atoms with E-state index < -0.39 is 23.3 Å². The standard InChI is InChI=1S/C11H6F3NO3S/c12-11(13,14)18-7-3-1-2-6(4-7)5-8-9(16)15-10(17)19-8/h1-5H,(H,15,16,17)/b8-5-. The highest BCUT2D eigenvalue weighted by Gasteiger charge is 2.31. The summed E-state index contributed by atoms with van der Waals surface area (Å²) in [5, 5.41) is 1.53. The number of ether oxygens (including phenoxy) is 1. The van der Waals surface area contributed by atoms with Crippen LogP contribution in [-0.2, 0) is 4.79 Å². The molecule has 100 valence electrons. The zero-order valence-electron chi connectivity index (χ0n) is 9.15. The Morgan fingerprint density at radius 1 is 1.26 bits per heavy atom. The van der Waals surface area contributed by atoms with Crippen molar-refractivity contribution in [2.75, 3.05) is 0 Å². The first-order valence-corrected chi connectivity index (χ1v) is 5.76. The molecule has 1 fully saturated rings. The van der Waals surface area contributed by atoms with Gasteiger partial charge in [-0.3, -0.25) is 14.9 Å². The lowest BCUT2D eigenvalue weighted by molar-refractivity contribution is -0.274. The average molecular weight is 289 g/mol. The van der Waals surface area contributed by atoms with Gasteiger partial charge in [0, 0.05) is 0 Å². The van der Waals surface area contributed by atoms with Crippen molar-refractivity contribution < 1.29 is 27.5 Å². The molecule has 1 N–H and O–H groups in total. The van der Waals surface area contributed by atoms with Gasteiger partial charge in [0.25, 0.3) is 11.1 Å². The van der Waals surface area contributed by atoms with Crippen LogP contribution in [0.1, 0.15) is 5.56 Å². The predicted molar refractivity (Wildman–Crippen MR) is 62.2 cm³/mol. The largest absolute Gasteiger partial charge is 0.573 e. The minimum Gasteiger partial charge on any atom is -0.406 e. The molecule has 1 saturated heterocycles. The number of nitrogens with one attached hydrogen (secondary N) is 1. The van der Waals surface area contributed by atoms with Crippen LogP contribution in [0.25, 0.3) is 6.08 Å². The quantitative estimate of drug-likeness (QED) is 0.851. The first-order valence-electron chi connectivity index (χ1n) is 4.94. The van der Waals surface area contributed by atoms with Crippen molar-refractivity contribution in [1.82, 2.24) is 5.32 Å². The maximum absolute atomic E-state index is 12.0. The van der Waals surface area contributed by atoms with E-state index in [0.29, 0.717) is 17.3 Å². The molecule has 0 radical (unpaired) electrons. The third-order valence-corrected chi connectivity index (χ3v) is 2.84. The van der Waals surface area contributed by atoms with E-state index in [2.05, 4.69) is 4.74 Å². The Labute approximate surface area is 109 Å². The van der Waals surface area contributed by atoms with Gasteiger partial charge in [0.1, 0.15) is 5.75 Å². The zero-order valence-corrected chi connectivity index (χ0v) is 9.97. The van der Waals surface area contributed by atoms with Crippen LogP contribution in [0.15, 0.2) is 29.2 Å². The molecule has 1 heterocycles. The highest BCUT2D eigenvalue weighted by atomic mass is 32.2. The van der Waals surface area contributed by atoms with Gasteiger partial charge in [-0.25, -0.2) is 0 Å². The van der Waals surface area contributed by atoms with E-state index in [1.807, 2.05) is 5.32 Å². The molecule has 1 aliphatic heterocycles. The molecule has 4 nitrogen and oxygen atoms in total. The second-order valence-corrected chi connectivity index (χ2v) is 4.49. The molecule has 0 saturated carbocycles. The summed E-state index contributed by atoms with van der Waals surface area (Å²) in [5.74, 6) is -0.964. The van der Waals surface area contributed by atoms with E-state index in [1.54, 1.807) is 0 Å². The molecule has 1 aliphatic rings. The SMILES string of the molecule is O=C1NC(=O)/C(=C/c2cccc(OC(F)(F)F)c2)S1. The maximum Gasteiger partial charge on any atom is 0.573 e. The highest BCUT2D eigenvalue weighted by Crippen LogP contribution is 2.28. The Bertz CT molecular complexity index is 569. The van der Waals surface area contributed by atoms with Crippen molar-refractivity contribution in [2.24, 2.45) is 0 Å². The summed E-state index contributed by atoms with van der Waals surface area (Å²) in [6.45, 7) is 0. The fraction of sp³-hybridized carbons (Fsp3) is 0.0909. The van der Waals surface area contributed by atoms with Crippen LogP contribution >= 0.6 is 11.8 Å². The summed E-state index contributed by atoms with van der Waals surface area (Å²) in [4.78, 5) is 22.3. The van der Waals surface area contributed by atoms with Crippen molar-refractivity contribution in [3.8, 4) is 5.75 Å². The van der Waals surface area contributed by atoms with Crippen LogP contribution in [0.2, 0.25) is 0 Å². The summed E-state index contributed by atoms with van der Waals surface area (Å²) in [5.41, 5.74) is 0.328. The second-order valence-electron chi connectivity index (χ2n) is 3.47. The number of carbonyl (C=O) groups is 2. The number of imide groups is 1. The molecule has 1 aromatic rings. The maximum atomic E-state index is 12.0. The lowest BCUT2D eigenvalue weighted by Crippen LogP contribution is -2.18. The minimum absolute atomic E-state index is 0.120. The number of amides is 2. The molecule has 1 aromatic carbocycles. The molecule has 2 amide bonds. The van der Waals surface area contributed by atoms with E-state index in [0.717, 1.165) is 12.1 Å². The van der Waals surface area contributed by atoms with Gasteiger partial charge < -0.3 is 4.74 Å². The number of halogens is 3. The van der Waals surface area contributed by atoms with Gasteiger partial charge in [0.15, 0.2) is 0 Å². The number of hydrogen-bond donors (Lipinski definition) is 1. The van der Waals surface area contributed by atoms with E-state index in [9.17, 15) is 22.8 Å². The molecular formula is C11H6F3NO3S. The summed E-state index contributed by atoms with van der Waals surface area (Å²) in [6.07, 6.45) is -3.46. The zero-order chi connectivity index (χ0) is 14.0. The number of hydrogen-bond acceptors (Lipinski definition) is 4. The molecule has 8 heteroatoms. The summed E-state index contributed by atoms with van der Waals surface area (Å²) in [6, 6.07) is 5.11. The van der Waals surface area contributed by atoms with Gasteiger partial charge in [-0.1, -0.05) is 12.1 Å². The minimum atomic E-state index is -4.78. The molecule has 2 rings (SSSR count). The highest BCUT2D eigenvalue weighted by molar-refractivity contribution is 8.18. The first kappa shape index (κ1) is 13.5. The fourth-order valence-electron chi connectivity index (χ4n) is 1.37. The van der Waals surface area contributed by atoms with Crippen LogP contribution in [0, 0.1) is 0 Å². The Hall–Kier alpha value is -1.96.